The Morgan fingerprint density at radius 2 is 1.85 bits per heavy atom. The van der Waals surface area contributed by atoms with Gasteiger partial charge < -0.3 is 15.1 Å². The normalized spacial score (nSPS) is 14.6. The SMILES string of the molecule is O=C(CCNc1ccc2nnnn2n1)N1CCN(c2ccc(F)cc2)CC1. The minimum Gasteiger partial charge on any atom is -0.368 e. The maximum absolute atomic E-state index is 13.0. The number of halogens is 1. The highest BCUT2D eigenvalue weighted by Crippen LogP contribution is 2.17. The molecule has 3 aromatic rings. The van der Waals surface area contributed by atoms with Crippen LogP contribution >= 0.6 is 0 Å². The van der Waals surface area contributed by atoms with Crippen LogP contribution < -0.4 is 10.2 Å². The number of hydrogen-bond donors (Lipinski definition) is 1. The van der Waals surface area contributed by atoms with Gasteiger partial charge in [0, 0.05) is 44.8 Å². The van der Waals surface area contributed by atoms with Crippen LogP contribution in [0.15, 0.2) is 36.4 Å². The van der Waals surface area contributed by atoms with Crippen LogP contribution in [-0.2, 0) is 4.79 Å². The first kappa shape index (κ1) is 17.1. The first-order valence-corrected chi connectivity index (χ1v) is 8.77. The van der Waals surface area contributed by atoms with Gasteiger partial charge in [0.1, 0.15) is 11.6 Å². The first-order chi connectivity index (χ1) is 13.2. The Kier molecular flexibility index (Phi) is 4.77. The Morgan fingerprint density at radius 1 is 1.07 bits per heavy atom. The summed E-state index contributed by atoms with van der Waals surface area (Å²) < 4.78 is 14.4. The quantitative estimate of drug-likeness (QED) is 0.711. The van der Waals surface area contributed by atoms with Gasteiger partial charge in [-0.3, -0.25) is 4.79 Å². The lowest BCUT2D eigenvalue weighted by molar-refractivity contribution is -0.131. The second-order valence-corrected chi connectivity index (χ2v) is 6.27. The van der Waals surface area contributed by atoms with Crippen LogP contribution in [0.1, 0.15) is 6.42 Å². The molecule has 140 valence electrons. The zero-order chi connectivity index (χ0) is 18.6. The zero-order valence-electron chi connectivity index (χ0n) is 14.6. The van der Waals surface area contributed by atoms with Gasteiger partial charge in [-0.15, -0.1) is 14.8 Å². The maximum atomic E-state index is 13.0. The van der Waals surface area contributed by atoms with E-state index in [9.17, 15) is 9.18 Å². The highest BCUT2D eigenvalue weighted by Gasteiger charge is 2.21. The molecule has 0 spiro atoms. The highest BCUT2D eigenvalue weighted by atomic mass is 19.1. The molecule has 0 bridgehead atoms. The molecule has 0 radical (unpaired) electrons. The number of tetrazole rings is 1. The van der Waals surface area contributed by atoms with Crippen LogP contribution in [0.25, 0.3) is 5.65 Å². The van der Waals surface area contributed by atoms with E-state index in [1.165, 1.54) is 16.8 Å². The summed E-state index contributed by atoms with van der Waals surface area (Å²) in [6.45, 7) is 3.28. The monoisotopic (exact) mass is 370 g/mol. The second kappa shape index (κ2) is 7.52. The van der Waals surface area contributed by atoms with Crippen LogP contribution in [0, 0.1) is 5.82 Å². The predicted octanol–water partition coefficient (Wildman–Crippen LogP) is 0.809. The van der Waals surface area contributed by atoms with Crippen molar-refractivity contribution >= 4 is 23.1 Å². The molecular weight excluding hydrogens is 351 g/mol. The van der Waals surface area contributed by atoms with E-state index in [0.717, 1.165) is 18.8 Å². The molecule has 1 aliphatic heterocycles. The third kappa shape index (κ3) is 3.94. The molecule has 1 amide bonds. The number of amides is 1. The van der Waals surface area contributed by atoms with Crippen molar-refractivity contribution < 1.29 is 9.18 Å². The van der Waals surface area contributed by atoms with Crippen molar-refractivity contribution in [3.8, 4) is 0 Å². The van der Waals surface area contributed by atoms with Crippen LogP contribution in [0.5, 0.6) is 0 Å². The van der Waals surface area contributed by atoms with Crippen molar-refractivity contribution in [3.05, 3.63) is 42.2 Å². The minimum absolute atomic E-state index is 0.102. The predicted molar refractivity (Wildman–Crippen MR) is 96.9 cm³/mol. The van der Waals surface area contributed by atoms with Crippen molar-refractivity contribution in [2.45, 2.75) is 6.42 Å². The molecule has 10 heteroatoms. The summed E-state index contributed by atoms with van der Waals surface area (Å²) in [5.41, 5.74) is 1.55. The highest BCUT2D eigenvalue weighted by molar-refractivity contribution is 5.77. The summed E-state index contributed by atoms with van der Waals surface area (Å²) in [6.07, 6.45) is 0.381. The number of aromatic nitrogens is 5. The molecule has 1 N–H and O–H groups in total. The lowest BCUT2D eigenvalue weighted by atomic mass is 10.2. The van der Waals surface area contributed by atoms with Crippen LogP contribution in [-0.4, -0.2) is 68.8 Å². The lowest BCUT2D eigenvalue weighted by Crippen LogP contribution is -2.49. The van der Waals surface area contributed by atoms with E-state index in [4.69, 9.17) is 0 Å². The molecule has 9 nitrogen and oxygen atoms in total. The van der Waals surface area contributed by atoms with E-state index in [0.29, 0.717) is 37.5 Å². The Morgan fingerprint density at radius 3 is 2.63 bits per heavy atom. The first-order valence-electron chi connectivity index (χ1n) is 8.77. The smallest absolute Gasteiger partial charge is 0.224 e. The van der Waals surface area contributed by atoms with Crippen molar-refractivity contribution in [1.82, 2.24) is 30.2 Å². The Bertz CT molecular complexity index is 920. The van der Waals surface area contributed by atoms with Gasteiger partial charge in [-0.25, -0.2) is 4.39 Å². The van der Waals surface area contributed by atoms with E-state index in [2.05, 4.69) is 30.8 Å². The van der Waals surface area contributed by atoms with Gasteiger partial charge in [0.05, 0.1) is 0 Å². The van der Waals surface area contributed by atoms with Crippen LogP contribution in [0.3, 0.4) is 0 Å². The molecule has 0 atom stereocenters. The number of benzene rings is 1. The molecule has 27 heavy (non-hydrogen) atoms. The number of anilines is 2. The molecule has 2 aromatic heterocycles. The van der Waals surface area contributed by atoms with Crippen molar-refractivity contribution in [1.29, 1.82) is 0 Å². The lowest BCUT2D eigenvalue weighted by Gasteiger charge is -2.36. The molecular formula is C17H19FN8O. The van der Waals surface area contributed by atoms with Crippen molar-refractivity contribution in [2.24, 2.45) is 0 Å². The summed E-state index contributed by atoms with van der Waals surface area (Å²) in [7, 11) is 0. The van der Waals surface area contributed by atoms with E-state index >= 15 is 0 Å². The number of carbonyl (C=O) groups is 1. The maximum Gasteiger partial charge on any atom is 0.224 e. The number of carbonyl (C=O) groups excluding carboxylic acids is 1. The molecule has 4 rings (SSSR count). The standard InChI is InChI=1S/C17H19FN8O/c18-13-1-3-14(4-2-13)24-9-11-25(12-10-24)17(27)7-8-19-15-5-6-16-20-22-23-26(16)21-15/h1-6H,7-12H2,(H,19,21). The van der Waals surface area contributed by atoms with Crippen LogP contribution in [0.2, 0.25) is 0 Å². The van der Waals surface area contributed by atoms with E-state index in [1.54, 1.807) is 24.3 Å². The van der Waals surface area contributed by atoms with Gasteiger partial charge in [0.15, 0.2) is 5.65 Å². The third-order valence-corrected chi connectivity index (χ3v) is 4.54. The number of nitrogens with one attached hydrogen (secondary N) is 1. The second-order valence-electron chi connectivity index (χ2n) is 6.27. The molecule has 1 fully saturated rings. The van der Waals surface area contributed by atoms with E-state index < -0.39 is 0 Å². The number of fused-ring (bicyclic) bond motifs is 1. The van der Waals surface area contributed by atoms with Gasteiger partial charge in [-0.05, 0) is 46.8 Å². The molecule has 1 saturated heterocycles. The summed E-state index contributed by atoms with van der Waals surface area (Å²) in [5.74, 6) is 0.474. The summed E-state index contributed by atoms with van der Waals surface area (Å²) in [5, 5.41) is 18.4. The van der Waals surface area contributed by atoms with Crippen molar-refractivity contribution in [2.75, 3.05) is 42.9 Å². The third-order valence-electron chi connectivity index (χ3n) is 4.54. The summed E-state index contributed by atoms with van der Waals surface area (Å²) in [6, 6.07) is 9.98. The number of nitrogens with zero attached hydrogens (tertiary/aromatic N) is 7. The molecule has 0 aliphatic carbocycles. The van der Waals surface area contributed by atoms with Crippen molar-refractivity contribution in [3.63, 3.8) is 0 Å². The van der Waals surface area contributed by atoms with E-state index in [-0.39, 0.29) is 11.7 Å². The Labute approximate surface area is 154 Å². The minimum atomic E-state index is -0.242. The zero-order valence-corrected chi connectivity index (χ0v) is 14.6. The molecule has 1 aliphatic rings. The molecule has 0 saturated carbocycles. The number of piperazine rings is 1. The molecule has 1 aromatic carbocycles. The largest absolute Gasteiger partial charge is 0.368 e. The summed E-state index contributed by atoms with van der Waals surface area (Å²) >= 11 is 0. The van der Waals surface area contributed by atoms with Gasteiger partial charge in [-0.2, -0.15) is 0 Å². The fourth-order valence-electron chi connectivity index (χ4n) is 3.07. The fraction of sp³-hybridized carbons (Fsp3) is 0.353. The molecule has 3 heterocycles. The van der Waals surface area contributed by atoms with Gasteiger partial charge in [0.25, 0.3) is 0 Å². The van der Waals surface area contributed by atoms with Gasteiger partial charge >= 0.3 is 0 Å². The van der Waals surface area contributed by atoms with E-state index in [1.807, 2.05) is 4.90 Å². The topological polar surface area (TPSA) is 91.5 Å². The van der Waals surface area contributed by atoms with Gasteiger partial charge in [-0.1, -0.05) is 0 Å². The Balaban J connectivity index is 1.24. The number of hydrogen-bond acceptors (Lipinski definition) is 7. The fourth-order valence-corrected chi connectivity index (χ4v) is 3.07. The average Bonchev–Trinajstić information content (AvgIpc) is 3.16. The van der Waals surface area contributed by atoms with Crippen LogP contribution in [0.4, 0.5) is 15.9 Å². The average molecular weight is 370 g/mol. The summed E-state index contributed by atoms with van der Waals surface area (Å²) in [4.78, 5) is 16.4. The van der Waals surface area contributed by atoms with Gasteiger partial charge in [0.2, 0.25) is 5.91 Å². The Hall–Kier alpha value is -3.30. The molecule has 0 unspecified atom stereocenters. The number of rotatable bonds is 5.